The van der Waals surface area contributed by atoms with E-state index in [0.717, 1.165) is 37.2 Å². The highest BCUT2D eigenvalue weighted by Crippen LogP contribution is 2.40. The van der Waals surface area contributed by atoms with Crippen LogP contribution in [0.5, 0.6) is 11.5 Å². The lowest BCUT2D eigenvalue weighted by molar-refractivity contribution is 0.174. The fourth-order valence-corrected chi connectivity index (χ4v) is 3.39. The molecule has 0 aliphatic carbocycles. The first-order valence-corrected chi connectivity index (χ1v) is 7.58. The van der Waals surface area contributed by atoms with Crippen molar-refractivity contribution in [2.45, 2.75) is 38.3 Å². The van der Waals surface area contributed by atoms with Crippen LogP contribution < -0.4 is 9.47 Å². The van der Waals surface area contributed by atoms with Gasteiger partial charge in [0.15, 0.2) is 11.5 Å². The van der Waals surface area contributed by atoms with E-state index in [0.29, 0.717) is 16.8 Å². The number of aliphatic hydroxyl groups excluding tert-OH is 1. The van der Waals surface area contributed by atoms with E-state index in [2.05, 4.69) is 4.90 Å². The first-order chi connectivity index (χ1) is 9.78. The molecule has 0 saturated carbocycles. The van der Waals surface area contributed by atoms with Gasteiger partial charge in [-0.1, -0.05) is 11.6 Å². The number of ether oxygens (including phenoxy) is 2. The average Bonchev–Trinajstić information content (AvgIpc) is 3.05. The fraction of sp³-hybridized carbons (Fsp3) is 0.600. The van der Waals surface area contributed by atoms with Gasteiger partial charge in [-0.3, -0.25) is 4.90 Å². The zero-order chi connectivity index (χ0) is 13.9. The summed E-state index contributed by atoms with van der Waals surface area (Å²) in [5, 5.41) is 9.60. The van der Waals surface area contributed by atoms with Crippen LogP contribution in [0.1, 0.15) is 31.2 Å². The predicted octanol–water partition coefficient (Wildman–Crippen LogP) is 2.81. The van der Waals surface area contributed by atoms with Gasteiger partial charge in [-0.2, -0.15) is 0 Å². The van der Waals surface area contributed by atoms with Crippen molar-refractivity contribution in [3.8, 4) is 11.5 Å². The molecule has 2 heterocycles. The van der Waals surface area contributed by atoms with Crippen LogP contribution in [0.15, 0.2) is 12.1 Å². The van der Waals surface area contributed by atoms with Gasteiger partial charge in [0.2, 0.25) is 6.79 Å². The summed E-state index contributed by atoms with van der Waals surface area (Å²) in [6, 6.07) is 4.57. The fourth-order valence-electron chi connectivity index (χ4n) is 3.10. The maximum absolute atomic E-state index is 8.98. The Hall–Kier alpha value is -0.970. The molecule has 110 valence electrons. The van der Waals surface area contributed by atoms with E-state index in [4.69, 9.17) is 26.2 Å². The SMILES string of the molecule is OCCCC1CCCN1Cc1cc(Cl)c2c(c1)OCO2. The van der Waals surface area contributed by atoms with Crippen LogP contribution in [0.25, 0.3) is 0 Å². The molecule has 2 aliphatic heterocycles. The molecule has 1 aromatic rings. The minimum Gasteiger partial charge on any atom is -0.454 e. The highest BCUT2D eigenvalue weighted by Gasteiger charge is 2.25. The standard InChI is InChI=1S/C15H20ClNO3/c16-13-7-11(8-14-15(13)20-10-19-14)9-17-5-1-3-12(17)4-2-6-18/h7-8,12,18H,1-6,9-10H2. The third-order valence-corrected chi connectivity index (χ3v) is 4.35. The van der Waals surface area contributed by atoms with Crippen molar-refractivity contribution in [2.75, 3.05) is 19.9 Å². The van der Waals surface area contributed by atoms with Crippen molar-refractivity contribution < 1.29 is 14.6 Å². The number of nitrogens with zero attached hydrogens (tertiary/aromatic N) is 1. The summed E-state index contributed by atoms with van der Waals surface area (Å²) in [5.74, 6) is 1.41. The smallest absolute Gasteiger partial charge is 0.231 e. The summed E-state index contributed by atoms with van der Waals surface area (Å²) in [6.07, 6.45) is 4.39. The van der Waals surface area contributed by atoms with Crippen LogP contribution in [0.4, 0.5) is 0 Å². The van der Waals surface area contributed by atoms with Crippen LogP contribution in [-0.4, -0.2) is 36.0 Å². The van der Waals surface area contributed by atoms with Gasteiger partial charge in [-0.15, -0.1) is 0 Å². The van der Waals surface area contributed by atoms with Crippen LogP contribution in [0.3, 0.4) is 0 Å². The van der Waals surface area contributed by atoms with Crippen molar-refractivity contribution in [1.82, 2.24) is 4.90 Å². The van der Waals surface area contributed by atoms with E-state index in [-0.39, 0.29) is 13.4 Å². The van der Waals surface area contributed by atoms with Gasteiger partial charge < -0.3 is 14.6 Å². The first-order valence-electron chi connectivity index (χ1n) is 7.21. The molecule has 2 aliphatic rings. The van der Waals surface area contributed by atoms with E-state index in [1.807, 2.05) is 12.1 Å². The normalized spacial score (nSPS) is 21.6. The van der Waals surface area contributed by atoms with Crippen LogP contribution >= 0.6 is 11.6 Å². The van der Waals surface area contributed by atoms with E-state index in [1.54, 1.807) is 0 Å². The molecule has 0 bridgehead atoms. The number of fused-ring (bicyclic) bond motifs is 1. The van der Waals surface area contributed by atoms with Crippen LogP contribution in [-0.2, 0) is 6.54 Å². The van der Waals surface area contributed by atoms with E-state index < -0.39 is 0 Å². The summed E-state index contributed by atoms with van der Waals surface area (Å²) in [5.41, 5.74) is 1.16. The minimum atomic E-state index is 0.251. The number of rotatable bonds is 5. The Labute approximate surface area is 124 Å². The number of likely N-dealkylation sites (tertiary alicyclic amines) is 1. The second-order valence-corrected chi connectivity index (χ2v) is 5.85. The van der Waals surface area contributed by atoms with Crippen molar-refractivity contribution in [2.24, 2.45) is 0 Å². The molecule has 1 atom stereocenters. The molecule has 1 fully saturated rings. The average molecular weight is 298 g/mol. The van der Waals surface area contributed by atoms with Crippen molar-refractivity contribution in [3.05, 3.63) is 22.7 Å². The maximum atomic E-state index is 8.98. The molecule has 3 rings (SSSR count). The lowest BCUT2D eigenvalue weighted by Gasteiger charge is -2.24. The molecule has 1 unspecified atom stereocenters. The number of benzene rings is 1. The molecule has 5 heteroatoms. The molecule has 1 N–H and O–H groups in total. The number of hydrogen-bond donors (Lipinski definition) is 1. The van der Waals surface area contributed by atoms with Gasteiger partial charge in [0, 0.05) is 19.2 Å². The molecule has 0 aromatic heterocycles. The summed E-state index contributed by atoms with van der Waals surface area (Å²) >= 11 is 6.22. The Bertz CT molecular complexity index is 480. The van der Waals surface area contributed by atoms with Gasteiger partial charge in [0.1, 0.15) is 0 Å². The van der Waals surface area contributed by atoms with Gasteiger partial charge in [0.25, 0.3) is 0 Å². The Kier molecular flexibility index (Phi) is 4.34. The summed E-state index contributed by atoms with van der Waals surface area (Å²) in [6.45, 7) is 2.52. The van der Waals surface area contributed by atoms with Crippen molar-refractivity contribution in [1.29, 1.82) is 0 Å². The Morgan fingerprint density at radius 3 is 3.10 bits per heavy atom. The molecule has 1 saturated heterocycles. The molecule has 0 spiro atoms. The second kappa shape index (κ2) is 6.20. The minimum absolute atomic E-state index is 0.251. The maximum Gasteiger partial charge on any atom is 0.231 e. The van der Waals surface area contributed by atoms with E-state index in [9.17, 15) is 0 Å². The highest BCUT2D eigenvalue weighted by atomic mass is 35.5. The lowest BCUT2D eigenvalue weighted by Crippen LogP contribution is -2.29. The third-order valence-electron chi connectivity index (χ3n) is 4.07. The van der Waals surface area contributed by atoms with E-state index >= 15 is 0 Å². The molecular weight excluding hydrogens is 278 g/mol. The quantitative estimate of drug-likeness (QED) is 0.907. The zero-order valence-electron chi connectivity index (χ0n) is 11.5. The largest absolute Gasteiger partial charge is 0.454 e. The van der Waals surface area contributed by atoms with Crippen molar-refractivity contribution >= 4 is 11.6 Å². The molecule has 4 nitrogen and oxygen atoms in total. The topological polar surface area (TPSA) is 41.9 Å². The lowest BCUT2D eigenvalue weighted by atomic mass is 10.1. The Morgan fingerprint density at radius 1 is 1.35 bits per heavy atom. The number of halogens is 1. The predicted molar refractivity (Wildman–Crippen MR) is 77.3 cm³/mol. The molecule has 0 amide bonds. The summed E-state index contributed by atoms with van der Waals surface area (Å²) in [4.78, 5) is 2.48. The summed E-state index contributed by atoms with van der Waals surface area (Å²) < 4.78 is 10.8. The zero-order valence-corrected chi connectivity index (χ0v) is 12.2. The molecule has 0 radical (unpaired) electrons. The van der Waals surface area contributed by atoms with Gasteiger partial charge in [0.05, 0.1) is 5.02 Å². The third kappa shape index (κ3) is 2.87. The van der Waals surface area contributed by atoms with Gasteiger partial charge in [-0.25, -0.2) is 0 Å². The highest BCUT2D eigenvalue weighted by molar-refractivity contribution is 6.32. The molecule has 20 heavy (non-hydrogen) atoms. The monoisotopic (exact) mass is 297 g/mol. The Balaban J connectivity index is 1.69. The first kappa shape index (κ1) is 14.0. The summed E-state index contributed by atoms with van der Waals surface area (Å²) in [7, 11) is 0. The Morgan fingerprint density at radius 2 is 2.25 bits per heavy atom. The van der Waals surface area contributed by atoms with Crippen LogP contribution in [0.2, 0.25) is 5.02 Å². The number of hydrogen-bond acceptors (Lipinski definition) is 4. The molecule has 1 aromatic carbocycles. The van der Waals surface area contributed by atoms with E-state index in [1.165, 1.54) is 12.8 Å². The van der Waals surface area contributed by atoms with Gasteiger partial charge in [-0.05, 0) is 49.9 Å². The van der Waals surface area contributed by atoms with Crippen LogP contribution in [0, 0.1) is 0 Å². The molecular formula is C15H20ClNO3. The number of aliphatic hydroxyl groups is 1. The van der Waals surface area contributed by atoms with Crippen molar-refractivity contribution in [3.63, 3.8) is 0 Å². The second-order valence-electron chi connectivity index (χ2n) is 5.44. The van der Waals surface area contributed by atoms with Gasteiger partial charge >= 0.3 is 0 Å².